The van der Waals surface area contributed by atoms with Crippen molar-refractivity contribution in [1.29, 1.82) is 0 Å². The number of carbonyl (C=O) groups is 1. The van der Waals surface area contributed by atoms with Gasteiger partial charge in [-0.05, 0) is 35.9 Å². The Morgan fingerprint density at radius 3 is 2.38 bits per heavy atom. The predicted octanol–water partition coefficient (Wildman–Crippen LogP) is 3.77. The Labute approximate surface area is 136 Å². The molecule has 0 saturated heterocycles. The van der Waals surface area contributed by atoms with Gasteiger partial charge in [-0.3, -0.25) is 4.79 Å². The molecule has 126 valence electrons. The maximum atomic E-state index is 13.5. The van der Waals surface area contributed by atoms with Crippen LogP contribution in [0.15, 0.2) is 36.4 Å². The average Bonchev–Trinajstić information content (AvgIpc) is 2.60. The van der Waals surface area contributed by atoms with Gasteiger partial charge in [0.1, 0.15) is 0 Å². The molecular formula is C17H14F3NO3. The number of methoxy groups -OCH3 is 2. The van der Waals surface area contributed by atoms with E-state index in [1.54, 1.807) is 18.2 Å². The summed E-state index contributed by atoms with van der Waals surface area (Å²) in [4.78, 5) is 11.8. The fraction of sp³-hybridized carbons (Fsp3) is 0.118. The first-order valence-corrected chi connectivity index (χ1v) is 6.81. The third-order valence-electron chi connectivity index (χ3n) is 3.13. The van der Waals surface area contributed by atoms with Gasteiger partial charge in [0.05, 0.1) is 19.9 Å². The van der Waals surface area contributed by atoms with Crippen molar-refractivity contribution < 1.29 is 27.4 Å². The van der Waals surface area contributed by atoms with Crippen molar-refractivity contribution in [3.63, 3.8) is 0 Å². The zero-order valence-corrected chi connectivity index (χ0v) is 12.9. The van der Waals surface area contributed by atoms with Gasteiger partial charge in [0, 0.05) is 6.08 Å². The summed E-state index contributed by atoms with van der Waals surface area (Å²) in [6.45, 7) is 0. The number of anilines is 1. The summed E-state index contributed by atoms with van der Waals surface area (Å²) in [6, 6.07) is 6.65. The van der Waals surface area contributed by atoms with E-state index in [1.807, 2.05) is 0 Å². The van der Waals surface area contributed by atoms with E-state index >= 15 is 0 Å². The van der Waals surface area contributed by atoms with Crippen LogP contribution in [-0.4, -0.2) is 20.1 Å². The lowest BCUT2D eigenvalue weighted by atomic mass is 10.2. The Morgan fingerprint density at radius 2 is 1.71 bits per heavy atom. The zero-order valence-electron chi connectivity index (χ0n) is 12.9. The van der Waals surface area contributed by atoms with Crippen molar-refractivity contribution in [2.75, 3.05) is 19.5 Å². The fourth-order valence-electron chi connectivity index (χ4n) is 1.93. The van der Waals surface area contributed by atoms with E-state index in [2.05, 4.69) is 5.32 Å². The molecular weight excluding hydrogens is 323 g/mol. The fourth-order valence-corrected chi connectivity index (χ4v) is 1.93. The monoisotopic (exact) mass is 337 g/mol. The summed E-state index contributed by atoms with van der Waals surface area (Å²) >= 11 is 0. The molecule has 0 saturated carbocycles. The minimum Gasteiger partial charge on any atom is -0.493 e. The van der Waals surface area contributed by atoms with Gasteiger partial charge in [-0.15, -0.1) is 0 Å². The van der Waals surface area contributed by atoms with E-state index in [-0.39, 0.29) is 0 Å². The molecule has 2 rings (SSSR count). The van der Waals surface area contributed by atoms with Crippen molar-refractivity contribution in [3.8, 4) is 11.5 Å². The topological polar surface area (TPSA) is 47.6 Å². The quantitative estimate of drug-likeness (QED) is 0.667. The van der Waals surface area contributed by atoms with Gasteiger partial charge >= 0.3 is 0 Å². The molecule has 2 aromatic carbocycles. The summed E-state index contributed by atoms with van der Waals surface area (Å²) in [5.41, 5.74) is 0.185. The van der Waals surface area contributed by atoms with E-state index in [9.17, 15) is 18.0 Å². The Balaban J connectivity index is 2.12. The van der Waals surface area contributed by atoms with Gasteiger partial charge in [0.15, 0.2) is 29.0 Å². The summed E-state index contributed by atoms with van der Waals surface area (Å²) in [5.74, 6) is -4.12. The normalized spacial score (nSPS) is 10.7. The smallest absolute Gasteiger partial charge is 0.248 e. The van der Waals surface area contributed by atoms with Crippen molar-refractivity contribution in [2.45, 2.75) is 0 Å². The largest absolute Gasteiger partial charge is 0.493 e. The molecule has 4 nitrogen and oxygen atoms in total. The van der Waals surface area contributed by atoms with Crippen LogP contribution in [0.5, 0.6) is 11.5 Å². The molecule has 0 fully saturated rings. The molecule has 0 unspecified atom stereocenters. The number of halogens is 3. The second kappa shape index (κ2) is 7.54. The highest BCUT2D eigenvalue weighted by molar-refractivity contribution is 6.02. The highest BCUT2D eigenvalue weighted by Crippen LogP contribution is 2.28. The minimum atomic E-state index is -1.64. The number of nitrogens with one attached hydrogen (secondary N) is 1. The molecule has 0 aliphatic rings. The number of ether oxygens (including phenoxy) is 2. The molecule has 1 N–H and O–H groups in total. The number of hydrogen-bond acceptors (Lipinski definition) is 3. The van der Waals surface area contributed by atoms with Crippen LogP contribution in [0.25, 0.3) is 6.08 Å². The molecule has 0 radical (unpaired) electrons. The summed E-state index contributed by atoms with van der Waals surface area (Å²) in [7, 11) is 2.97. The second-order valence-corrected chi connectivity index (χ2v) is 4.66. The second-order valence-electron chi connectivity index (χ2n) is 4.66. The molecule has 0 aliphatic heterocycles. The van der Waals surface area contributed by atoms with Gasteiger partial charge in [0.2, 0.25) is 5.91 Å². The Bertz CT molecular complexity index is 791. The average molecular weight is 337 g/mol. The van der Waals surface area contributed by atoms with Gasteiger partial charge in [-0.1, -0.05) is 6.07 Å². The first-order valence-electron chi connectivity index (χ1n) is 6.81. The van der Waals surface area contributed by atoms with E-state index < -0.39 is 29.0 Å². The maximum Gasteiger partial charge on any atom is 0.248 e. The summed E-state index contributed by atoms with van der Waals surface area (Å²) in [5, 5.41) is 2.14. The van der Waals surface area contributed by atoms with Gasteiger partial charge in [0.25, 0.3) is 0 Å². The molecule has 0 bridgehead atoms. The Kier molecular flexibility index (Phi) is 5.47. The molecule has 0 spiro atoms. The van der Waals surface area contributed by atoms with Crippen LogP contribution in [0.1, 0.15) is 5.56 Å². The number of rotatable bonds is 5. The van der Waals surface area contributed by atoms with Gasteiger partial charge in [-0.25, -0.2) is 13.2 Å². The first kappa shape index (κ1) is 17.4. The van der Waals surface area contributed by atoms with Crippen LogP contribution in [0.2, 0.25) is 0 Å². The van der Waals surface area contributed by atoms with Crippen molar-refractivity contribution in [3.05, 3.63) is 59.4 Å². The number of benzene rings is 2. The van der Waals surface area contributed by atoms with Crippen LogP contribution in [0.4, 0.5) is 18.9 Å². The van der Waals surface area contributed by atoms with E-state index in [0.717, 1.165) is 18.2 Å². The molecule has 0 atom stereocenters. The maximum absolute atomic E-state index is 13.5. The van der Waals surface area contributed by atoms with Crippen molar-refractivity contribution in [2.24, 2.45) is 0 Å². The highest BCUT2D eigenvalue weighted by Gasteiger charge is 2.14. The van der Waals surface area contributed by atoms with Crippen LogP contribution in [-0.2, 0) is 4.79 Å². The standard InChI is InChI=1S/C17H14F3NO3/c1-23-13-7-3-10(9-14(13)24-2)4-8-15(22)21-12-6-5-11(18)16(19)17(12)20/h3-9H,1-2H3,(H,21,22). The SMILES string of the molecule is COc1ccc(C=CC(=O)Nc2ccc(F)c(F)c2F)cc1OC. The lowest BCUT2D eigenvalue weighted by Gasteiger charge is -2.07. The Morgan fingerprint density at radius 1 is 1.00 bits per heavy atom. The molecule has 7 heteroatoms. The number of carbonyl (C=O) groups excluding carboxylic acids is 1. The van der Waals surface area contributed by atoms with Crippen LogP contribution in [0, 0.1) is 17.5 Å². The van der Waals surface area contributed by atoms with Crippen molar-refractivity contribution >= 4 is 17.7 Å². The first-order chi connectivity index (χ1) is 11.5. The lowest BCUT2D eigenvalue weighted by Crippen LogP contribution is -2.10. The Hall–Kier alpha value is -2.96. The van der Waals surface area contributed by atoms with E-state index in [1.165, 1.54) is 20.3 Å². The molecule has 0 aromatic heterocycles. The zero-order chi connectivity index (χ0) is 17.7. The third-order valence-corrected chi connectivity index (χ3v) is 3.13. The lowest BCUT2D eigenvalue weighted by molar-refractivity contribution is -0.111. The van der Waals surface area contributed by atoms with Gasteiger partial charge < -0.3 is 14.8 Å². The van der Waals surface area contributed by atoms with E-state index in [0.29, 0.717) is 17.1 Å². The third kappa shape index (κ3) is 3.87. The molecule has 0 heterocycles. The summed E-state index contributed by atoms with van der Waals surface area (Å²) < 4.78 is 49.6. The molecule has 24 heavy (non-hydrogen) atoms. The predicted molar refractivity (Wildman–Crippen MR) is 83.5 cm³/mol. The number of amides is 1. The van der Waals surface area contributed by atoms with Crippen LogP contribution < -0.4 is 14.8 Å². The van der Waals surface area contributed by atoms with Crippen molar-refractivity contribution in [1.82, 2.24) is 0 Å². The molecule has 2 aromatic rings. The van der Waals surface area contributed by atoms with Crippen LogP contribution >= 0.6 is 0 Å². The summed E-state index contributed by atoms with van der Waals surface area (Å²) in [6.07, 6.45) is 2.58. The van der Waals surface area contributed by atoms with E-state index in [4.69, 9.17) is 9.47 Å². The minimum absolute atomic E-state index is 0.448. The van der Waals surface area contributed by atoms with Gasteiger partial charge in [-0.2, -0.15) is 0 Å². The number of hydrogen-bond donors (Lipinski definition) is 1. The molecule has 1 amide bonds. The van der Waals surface area contributed by atoms with Crippen LogP contribution in [0.3, 0.4) is 0 Å². The highest BCUT2D eigenvalue weighted by atomic mass is 19.2. The molecule has 0 aliphatic carbocycles.